The minimum atomic E-state index is 0.698. The first kappa shape index (κ1) is 11.1. The summed E-state index contributed by atoms with van der Waals surface area (Å²) in [6.45, 7) is 13.2. The third-order valence-corrected chi connectivity index (χ3v) is 3.43. The smallest absolute Gasteiger partial charge is 0.146 e. The molecule has 1 heterocycles. The van der Waals surface area contributed by atoms with E-state index >= 15 is 0 Å². The van der Waals surface area contributed by atoms with Gasteiger partial charge in [0.2, 0.25) is 0 Å². The lowest BCUT2D eigenvalue weighted by molar-refractivity contribution is 0.339. The van der Waals surface area contributed by atoms with Gasteiger partial charge in [0.05, 0.1) is 12.3 Å². The molecule has 0 atom stereocenters. The van der Waals surface area contributed by atoms with E-state index in [9.17, 15) is 0 Å². The zero-order valence-corrected chi connectivity index (χ0v) is 10.5. The van der Waals surface area contributed by atoms with E-state index in [2.05, 4.69) is 32.7 Å². The Morgan fingerprint density at radius 3 is 2.50 bits per heavy atom. The van der Waals surface area contributed by atoms with Crippen LogP contribution >= 0.6 is 0 Å². The molecule has 1 aliphatic heterocycles. The van der Waals surface area contributed by atoms with E-state index in [4.69, 9.17) is 4.74 Å². The fraction of sp³-hybridized carbons (Fsp3) is 0.429. The van der Waals surface area contributed by atoms with E-state index in [1.165, 1.54) is 22.3 Å². The van der Waals surface area contributed by atoms with E-state index in [1.54, 1.807) is 0 Å². The highest BCUT2D eigenvalue weighted by Crippen LogP contribution is 2.42. The molecule has 1 aromatic rings. The van der Waals surface area contributed by atoms with E-state index < -0.39 is 0 Å². The van der Waals surface area contributed by atoms with Crippen LogP contribution in [0.4, 0.5) is 5.69 Å². The fourth-order valence-corrected chi connectivity index (χ4v) is 2.30. The number of benzene rings is 1. The van der Waals surface area contributed by atoms with Crippen LogP contribution < -0.4 is 10.1 Å². The predicted octanol–water partition coefficient (Wildman–Crippen LogP) is 3.49. The Bertz CT molecular complexity index is 461. The molecule has 0 bridgehead atoms. The molecule has 0 aromatic heterocycles. The molecule has 0 spiro atoms. The Kier molecular flexibility index (Phi) is 2.66. The van der Waals surface area contributed by atoms with Gasteiger partial charge in [-0.05, 0) is 49.9 Å². The lowest BCUT2D eigenvalue weighted by Crippen LogP contribution is -2.02. The highest BCUT2D eigenvalue weighted by atomic mass is 16.5. The number of nitrogens with one attached hydrogen (secondary N) is 1. The SMILES string of the molecule is C=C1Cc2c(C)c(C)c(C)c(OCC)c2N1. The maximum atomic E-state index is 5.76. The minimum Gasteiger partial charge on any atom is -0.491 e. The van der Waals surface area contributed by atoms with Gasteiger partial charge in [0.1, 0.15) is 5.75 Å². The molecule has 2 rings (SSSR count). The number of ether oxygens (including phenoxy) is 1. The molecule has 16 heavy (non-hydrogen) atoms. The molecule has 0 unspecified atom stereocenters. The van der Waals surface area contributed by atoms with E-state index in [1.807, 2.05) is 6.92 Å². The van der Waals surface area contributed by atoms with Crippen LogP contribution in [0.25, 0.3) is 0 Å². The van der Waals surface area contributed by atoms with Crippen LogP contribution in [0.2, 0.25) is 0 Å². The zero-order valence-electron chi connectivity index (χ0n) is 10.5. The molecular weight excluding hydrogens is 198 g/mol. The van der Waals surface area contributed by atoms with Crippen LogP contribution in [0.5, 0.6) is 5.75 Å². The topological polar surface area (TPSA) is 21.3 Å². The normalized spacial score (nSPS) is 13.6. The van der Waals surface area contributed by atoms with Gasteiger partial charge in [0.15, 0.2) is 0 Å². The highest BCUT2D eigenvalue weighted by molar-refractivity contribution is 5.75. The number of fused-ring (bicyclic) bond motifs is 1. The lowest BCUT2D eigenvalue weighted by Gasteiger charge is -2.17. The average molecular weight is 217 g/mol. The number of hydrogen-bond acceptors (Lipinski definition) is 2. The first-order valence-corrected chi connectivity index (χ1v) is 5.76. The molecule has 0 aliphatic carbocycles. The van der Waals surface area contributed by atoms with Crippen LogP contribution in [0.1, 0.15) is 29.2 Å². The summed E-state index contributed by atoms with van der Waals surface area (Å²) in [6.07, 6.45) is 0.919. The predicted molar refractivity (Wildman–Crippen MR) is 68.3 cm³/mol. The van der Waals surface area contributed by atoms with E-state index in [0.717, 1.165) is 23.6 Å². The van der Waals surface area contributed by atoms with Crippen LogP contribution in [0.15, 0.2) is 12.3 Å². The summed E-state index contributed by atoms with van der Waals surface area (Å²) in [7, 11) is 0. The zero-order chi connectivity index (χ0) is 11.9. The van der Waals surface area contributed by atoms with Crippen molar-refractivity contribution in [2.75, 3.05) is 11.9 Å². The van der Waals surface area contributed by atoms with Crippen molar-refractivity contribution in [3.8, 4) is 5.75 Å². The monoisotopic (exact) mass is 217 g/mol. The average Bonchev–Trinajstić information content (AvgIpc) is 2.63. The van der Waals surface area contributed by atoms with Crippen molar-refractivity contribution in [2.24, 2.45) is 0 Å². The van der Waals surface area contributed by atoms with Crippen LogP contribution in [0, 0.1) is 20.8 Å². The summed E-state index contributed by atoms with van der Waals surface area (Å²) >= 11 is 0. The quantitative estimate of drug-likeness (QED) is 0.818. The van der Waals surface area contributed by atoms with Gasteiger partial charge in [-0.2, -0.15) is 0 Å². The van der Waals surface area contributed by atoms with Crippen molar-refractivity contribution >= 4 is 5.69 Å². The molecule has 0 fully saturated rings. The van der Waals surface area contributed by atoms with Crippen LogP contribution in [0.3, 0.4) is 0 Å². The highest BCUT2D eigenvalue weighted by Gasteiger charge is 2.23. The lowest BCUT2D eigenvalue weighted by atomic mass is 9.95. The minimum absolute atomic E-state index is 0.698. The van der Waals surface area contributed by atoms with Crippen LogP contribution in [-0.4, -0.2) is 6.61 Å². The molecule has 2 nitrogen and oxygen atoms in total. The van der Waals surface area contributed by atoms with E-state index in [0.29, 0.717) is 6.61 Å². The molecule has 0 amide bonds. The van der Waals surface area contributed by atoms with Gasteiger partial charge in [0, 0.05) is 12.1 Å². The molecule has 1 aliphatic rings. The Balaban J connectivity index is 2.66. The first-order chi connectivity index (χ1) is 7.56. The molecular formula is C14H19NO. The van der Waals surface area contributed by atoms with Gasteiger partial charge in [-0.1, -0.05) is 6.58 Å². The first-order valence-electron chi connectivity index (χ1n) is 5.76. The Morgan fingerprint density at radius 1 is 1.19 bits per heavy atom. The molecule has 1 N–H and O–H groups in total. The van der Waals surface area contributed by atoms with Gasteiger partial charge in [-0.25, -0.2) is 0 Å². The van der Waals surface area contributed by atoms with Crippen molar-refractivity contribution in [3.05, 3.63) is 34.5 Å². The van der Waals surface area contributed by atoms with Crippen molar-refractivity contribution in [2.45, 2.75) is 34.1 Å². The molecule has 2 heteroatoms. The maximum Gasteiger partial charge on any atom is 0.146 e. The third kappa shape index (κ3) is 1.49. The second kappa shape index (κ2) is 3.85. The molecule has 0 saturated heterocycles. The van der Waals surface area contributed by atoms with Crippen molar-refractivity contribution in [3.63, 3.8) is 0 Å². The summed E-state index contributed by atoms with van der Waals surface area (Å²) < 4.78 is 5.76. The molecule has 0 saturated carbocycles. The largest absolute Gasteiger partial charge is 0.491 e. The number of anilines is 1. The number of allylic oxidation sites excluding steroid dienone is 1. The van der Waals surface area contributed by atoms with Crippen molar-refractivity contribution in [1.82, 2.24) is 0 Å². The standard InChI is InChI=1S/C14H19NO/c1-6-16-14-11(5)9(3)10(4)12-7-8(2)15-13(12)14/h15H,2,6-7H2,1,3-5H3. The summed E-state index contributed by atoms with van der Waals surface area (Å²) in [6, 6.07) is 0. The summed E-state index contributed by atoms with van der Waals surface area (Å²) in [5.41, 5.74) is 7.47. The second-order valence-corrected chi connectivity index (χ2v) is 4.40. The molecule has 0 radical (unpaired) electrons. The molecule has 1 aromatic carbocycles. The van der Waals surface area contributed by atoms with Gasteiger partial charge >= 0.3 is 0 Å². The van der Waals surface area contributed by atoms with Crippen molar-refractivity contribution < 1.29 is 4.74 Å². The Morgan fingerprint density at radius 2 is 1.88 bits per heavy atom. The molecule has 86 valence electrons. The second-order valence-electron chi connectivity index (χ2n) is 4.40. The third-order valence-electron chi connectivity index (χ3n) is 3.43. The summed E-state index contributed by atoms with van der Waals surface area (Å²) in [5.74, 6) is 0.999. The van der Waals surface area contributed by atoms with Gasteiger partial charge in [-0.15, -0.1) is 0 Å². The van der Waals surface area contributed by atoms with Gasteiger partial charge in [0.25, 0.3) is 0 Å². The summed E-state index contributed by atoms with van der Waals surface area (Å²) in [5, 5.41) is 3.34. The van der Waals surface area contributed by atoms with Gasteiger partial charge < -0.3 is 10.1 Å². The maximum absolute atomic E-state index is 5.76. The van der Waals surface area contributed by atoms with Crippen LogP contribution in [-0.2, 0) is 6.42 Å². The Labute approximate surface area is 97.3 Å². The van der Waals surface area contributed by atoms with Gasteiger partial charge in [-0.3, -0.25) is 0 Å². The summed E-state index contributed by atoms with van der Waals surface area (Å²) in [4.78, 5) is 0. The number of hydrogen-bond donors (Lipinski definition) is 1. The van der Waals surface area contributed by atoms with E-state index in [-0.39, 0.29) is 0 Å². The number of rotatable bonds is 2. The van der Waals surface area contributed by atoms with Crippen molar-refractivity contribution in [1.29, 1.82) is 0 Å². The Hall–Kier alpha value is -1.44. The fourth-order valence-electron chi connectivity index (χ4n) is 2.30.